The van der Waals surface area contributed by atoms with Crippen LogP contribution >= 0.6 is 12.2 Å². The monoisotopic (exact) mass is 330 g/mol. The van der Waals surface area contributed by atoms with Crippen LogP contribution in [-0.4, -0.2) is 34.1 Å². The molecule has 2 N–H and O–H groups in total. The first-order chi connectivity index (χ1) is 11.2. The molecule has 6 heteroatoms. The summed E-state index contributed by atoms with van der Waals surface area (Å²) in [6.45, 7) is 4.40. The zero-order chi connectivity index (χ0) is 16.1. The van der Waals surface area contributed by atoms with Crippen molar-refractivity contribution in [3.8, 4) is 0 Å². The smallest absolute Gasteiger partial charge is 0.172 e. The van der Waals surface area contributed by atoms with Crippen molar-refractivity contribution < 1.29 is 4.74 Å². The molecule has 1 unspecified atom stereocenters. The molecule has 122 valence electrons. The normalized spacial score (nSPS) is 17.2. The van der Waals surface area contributed by atoms with Gasteiger partial charge in [0.1, 0.15) is 0 Å². The van der Waals surface area contributed by atoms with Crippen molar-refractivity contribution in [1.29, 1.82) is 0 Å². The summed E-state index contributed by atoms with van der Waals surface area (Å²) in [7, 11) is 0. The Morgan fingerprint density at radius 2 is 2.22 bits per heavy atom. The van der Waals surface area contributed by atoms with E-state index in [4.69, 9.17) is 17.0 Å². The fourth-order valence-corrected chi connectivity index (χ4v) is 2.85. The lowest BCUT2D eigenvalue weighted by Crippen LogP contribution is -2.34. The second-order valence-corrected chi connectivity index (χ2v) is 6.19. The molecule has 1 aliphatic rings. The molecule has 1 atom stereocenters. The van der Waals surface area contributed by atoms with Crippen LogP contribution in [0.2, 0.25) is 0 Å². The molecule has 1 aromatic heterocycles. The van der Waals surface area contributed by atoms with Crippen molar-refractivity contribution >= 4 is 23.1 Å². The zero-order valence-corrected chi connectivity index (χ0v) is 14.1. The Hall–Kier alpha value is -1.92. The summed E-state index contributed by atoms with van der Waals surface area (Å²) in [5.74, 6) is 0.767. The highest BCUT2D eigenvalue weighted by molar-refractivity contribution is 7.80. The standard InChI is InChI=1S/C17H22N4OS/c1-13-10-16(19-17(23)18-11-15-8-5-9-22-15)20-21(13)12-14-6-3-2-4-7-14/h2-4,6-7,10,15H,5,8-9,11-12H2,1H3,(H2,18,19,20,23). The molecule has 2 aromatic rings. The fraction of sp³-hybridized carbons (Fsp3) is 0.412. The van der Waals surface area contributed by atoms with Crippen molar-refractivity contribution in [2.75, 3.05) is 18.5 Å². The number of rotatable bonds is 5. The van der Waals surface area contributed by atoms with E-state index >= 15 is 0 Å². The zero-order valence-electron chi connectivity index (χ0n) is 13.3. The topological polar surface area (TPSA) is 51.1 Å². The molecular weight excluding hydrogens is 308 g/mol. The van der Waals surface area contributed by atoms with E-state index in [0.29, 0.717) is 5.11 Å². The van der Waals surface area contributed by atoms with Crippen LogP contribution < -0.4 is 10.6 Å². The quantitative estimate of drug-likeness (QED) is 0.826. The highest BCUT2D eigenvalue weighted by Gasteiger charge is 2.15. The summed E-state index contributed by atoms with van der Waals surface area (Å²) < 4.78 is 7.55. The summed E-state index contributed by atoms with van der Waals surface area (Å²) >= 11 is 5.33. The first-order valence-electron chi connectivity index (χ1n) is 7.95. The summed E-state index contributed by atoms with van der Waals surface area (Å²) in [5, 5.41) is 11.5. The van der Waals surface area contributed by atoms with E-state index in [0.717, 1.165) is 44.0 Å². The Balaban J connectivity index is 1.54. The third-order valence-electron chi connectivity index (χ3n) is 3.91. The lowest BCUT2D eigenvalue weighted by Gasteiger charge is -2.12. The minimum atomic E-state index is 0.270. The third-order valence-corrected chi connectivity index (χ3v) is 4.16. The maximum Gasteiger partial charge on any atom is 0.172 e. The van der Waals surface area contributed by atoms with Gasteiger partial charge >= 0.3 is 0 Å². The van der Waals surface area contributed by atoms with Crippen LogP contribution in [0.5, 0.6) is 0 Å². The highest BCUT2D eigenvalue weighted by Crippen LogP contribution is 2.12. The number of benzene rings is 1. The Morgan fingerprint density at radius 1 is 1.39 bits per heavy atom. The lowest BCUT2D eigenvalue weighted by molar-refractivity contribution is 0.114. The van der Waals surface area contributed by atoms with Gasteiger partial charge in [-0.1, -0.05) is 30.3 Å². The number of anilines is 1. The van der Waals surface area contributed by atoms with Crippen molar-refractivity contribution in [3.05, 3.63) is 47.7 Å². The number of hydrogen-bond acceptors (Lipinski definition) is 3. The van der Waals surface area contributed by atoms with Gasteiger partial charge in [0.25, 0.3) is 0 Å². The average Bonchev–Trinajstić information content (AvgIpc) is 3.17. The molecule has 2 heterocycles. The molecule has 0 radical (unpaired) electrons. The predicted octanol–water partition coefficient (Wildman–Crippen LogP) is 2.71. The minimum Gasteiger partial charge on any atom is -0.376 e. The lowest BCUT2D eigenvalue weighted by atomic mass is 10.2. The van der Waals surface area contributed by atoms with Crippen molar-refractivity contribution in [2.45, 2.75) is 32.4 Å². The molecule has 0 spiro atoms. The molecule has 23 heavy (non-hydrogen) atoms. The van der Waals surface area contributed by atoms with Gasteiger partial charge in [-0.25, -0.2) is 0 Å². The Bertz CT molecular complexity index is 650. The molecule has 0 saturated carbocycles. The van der Waals surface area contributed by atoms with Crippen LogP contribution in [0.4, 0.5) is 5.82 Å². The van der Waals surface area contributed by atoms with Crippen molar-refractivity contribution in [2.24, 2.45) is 0 Å². The minimum absolute atomic E-state index is 0.270. The van der Waals surface area contributed by atoms with Gasteiger partial charge in [-0.2, -0.15) is 5.10 Å². The number of nitrogens with zero attached hydrogens (tertiary/aromatic N) is 2. The van der Waals surface area contributed by atoms with Crippen LogP contribution in [0, 0.1) is 6.92 Å². The van der Waals surface area contributed by atoms with Gasteiger partial charge in [-0.05, 0) is 37.5 Å². The molecule has 0 amide bonds. The number of hydrogen-bond donors (Lipinski definition) is 2. The van der Waals surface area contributed by atoms with Crippen LogP contribution in [0.1, 0.15) is 24.1 Å². The molecule has 0 bridgehead atoms. The molecular formula is C17H22N4OS. The largest absolute Gasteiger partial charge is 0.376 e. The summed E-state index contributed by atoms with van der Waals surface area (Å²) in [4.78, 5) is 0. The van der Waals surface area contributed by atoms with Crippen LogP contribution in [0.3, 0.4) is 0 Å². The number of ether oxygens (including phenoxy) is 1. The number of thiocarbonyl (C=S) groups is 1. The SMILES string of the molecule is Cc1cc(NC(=S)NCC2CCCO2)nn1Cc1ccccc1. The first-order valence-corrected chi connectivity index (χ1v) is 8.36. The predicted molar refractivity (Wildman–Crippen MR) is 95.7 cm³/mol. The molecule has 5 nitrogen and oxygen atoms in total. The van der Waals surface area contributed by atoms with Gasteiger partial charge in [0.2, 0.25) is 0 Å². The Kier molecular flexibility index (Phi) is 5.25. The Morgan fingerprint density at radius 3 is 2.96 bits per heavy atom. The van der Waals surface area contributed by atoms with E-state index in [1.807, 2.05) is 35.9 Å². The van der Waals surface area contributed by atoms with Crippen LogP contribution in [0.25, 0.3) is 0 Å². The van der Waals surface area contributed by atoms with Crippen LogP contribution in [-0.2, 0) is 11.3 Å². The molecule has 1 fully saturated rings. The summed E-state index contributed by atoms with van der Waals surface area (Å²) in [6, 6.07) is 12.3. The van der Waals surface area contributed by atoms with Gasteiger partial charge in [0.15, 0.2) is 10.9 Å². The summed E-state index contributed by atoms with van der Waals surface area (Å²) in [6.07, 6.45) is 2.50. The van der Waals surface area contributed by atoms with Crippen molar-refractivity contribution in [1.82, 2.24) is 15.1 Å². The van der Waals surface area contributed by atoms with E-state index in [1.165, 1.54) is 5.56 Å². The van der Waals surface area contributed by atoms with Gasteiger partial charge in [-0.3, -0.25) is 4.68 Å². The number of nitrogens with one attached hydrogen (secondary N) is 2. The van der Waals surface area contributed by atoms with E-state index in [1.54, 1.807) is 0 Å². The fourth-order valence-electron chi connectivity index (χ4n) is 2.66. The molecule has 1 saturated heterocycles. The second-order valence-electron chi connectivity index (χ2n) is 5.78. The van der Waals surface area contributed by atoms with Gasteiger partial charge in [0.05, 0.1) is 12.6 Å². The van der Waals surface area contributed by atoms with Crippen LogP contribution in [0.15, 0.2) is 36.4 Å². The molecule has 1 aromatic carbocycles. The van der Waals surface area contributed by atoms with Gasteiger partial charge < -0.3 is 15.4 Å². The van der Waals surface area contributed by atoms with Crippen molar-refractivity contribution in [3.63, 3.8) is 0 Å². The molecule has 3 rings (SSSR count). The maximum absolute atomic E-state index is 5.57. The van der Waals surface area contributed by atoms with E-state index in [-0.39, 0.29) is 6.10 Å². The van der Waals surface area contributed by atoms with Gasteiger partial charge in [0, 0.05) is 24.9 Å². The first kappa shape index (κ1) is 16.0. The van der Waals surface area contributed by atoms with E-state index < -0.39 is 0 Å². The third kappa shape index (κ3) is 4.53. The molecule has 1 aliphatic heterocycles. The summed E-state index contributed by atoms with van der Waals surface area (Å²) in [5.41, 5.74) is 2.32. The molecule has 0 aliphatic carbocycles. The number of aryl methyl sites for hydroxylation is 1. The second kappa shape index (κ2) is 7.57. The Labute approximate surface area is 142 Å². The van der Waals surface area contributed by atoms with E-state index in [2.05, 4.69) is 27.9 Å². The maximum atomic E-state index is 5.57. The van der Waals surface area contributed by atoms with E-state index in [9.17, 15) is 0 Å². The number of aromatic nitrogens is 2. The van der Waals surface area contributed by atoms with Gasteiger partial charge in [-0.15, -0.1) is 0 Å². The highest BCUT2D eigenvalue weighted by atomic mass is 32.1. The average molecular weight is 330 g/mol.